The van der Waals surface area contributed by atoms with Crippen molar-refractivity contribution in [1.82, 2.24) is 24.5 Å². The molecular weight excluding hydrogens is 454 g/mol. The zero-order valence-electron chi connectivity index (χ0n) is 20.7. The third-order valence-electron chi connectivity index (χ3n) is 6.02. The van der Waals surface area contributed by atoms with Gasteiger partial charge >= 0.3 is 0 Å². The number of rotatable bonds is 8. The van der Waals surface area contributed by atoms with Crippen LogP contribution < -0.4 is 14.2 Å². The molecule has 8 nitrogen and oxygen atoms in total. The smallest absolute Gasteiger partial charge is 0.212 e. The average Bonchev–Trinajstić information content (AvgIpc) is 3.31. The van der Waals surface area contributed by atoms with E-state index in [1.807, 2.05) is 79.3 Å². The zero-order chi connectivity index (χ0) is 25.1. The molecule has 0 bridgehead atoms. The molecule has 0 aliphatic heterocycles. The van der Waals surface area contributed by atoms with Crippen molar-refractivity contribution in [3.05, 3.63) is 90.3 Å². The lowest BCUT2D eigenvalue weighted by Crippen LogP contribution is -2.06. The van der Waals surface area contributed by atoms with Crippen molar-refractivity contribution in [3.63, 3.8) is 0 Å². The van der Waals surface area contributed by atoms with E-state index in [-0.39, 0.29) is 6.10 Å². The van der Waals surface area contributed by atoms with Crippen molar-refractivity contribution < 1.29 is 14.2 Å². The molecule has 0 aliphatic rings. The van der Waals surface area contributed by atoms with Gasteiger partial charge in [0.2, 0.25) is 5.88 Å². The standard InChI is InChI=1S/C28H27N5O3/c1-18-5-7-21(13-29-18)19(2)36-25-9-6-20(11-26(25)34-3)16-33-17-32-24-12-23(15-31-28(24)33)22-8-10-27(35-4)30-14-22/h5-15,17,19H,16H2,1-4H3. The van der Waals surface area contributed by atoms with Gasteiger partial charge in [-0.3, -0.25) is 4.98 Å². The quantitative estimate of drug-likeness (QED) is 0.293. The highest BCUT2D eigenvalue weighted by atomic mass is 16.5. The number of ether oxygens (including phenoxy) is 3. The number of nitrogens with zero attached hydrogens (tertiary/aromatic N) is 5. The molecule has 0 amide bonds. The van der Waals surface area contributed by atoms with Crippen molar-refractivity contribution >= 4 is 11.2 Å². The van der Waals surface area contributed by atoms with Crippen molar-refractivity contribution in [2.75, 3.05) is 14.2 Å². The fourth-order valence-corrected chi connectivity index (χ4v) is 3.98. The van der Waals surface area contributed by atoms with Gasteiger partial charge in [0, 0.05) is 47.0 Å². The van der Waals surface area contributed by atoms with Gasteiger partial charge in [-0.15, -0.1) is 0 Å². The van der Waals surface area contributed by atoms with Crippen LogP contribution in [-0.4, -0.2) is 38.7 Å². The van der Waals surface area contributed by atoms with Gasteiger partial charge in [0.1, 0.15) is 11.6 Å². The minimum absolute atomic E-state index is 0.158. The maximum atomic E-state index is 6.18. The van der Waals surface area contributed by atoms with Crippen LogP contribution in [0.4, 0.5) is 0 Å². The average molecular weight is 482 g/mol. The summed E-state index contributed by atoms with van der Waals surface area (Å²) in [5.74, 6) is 1.93. The summed E-state index contributed by atoms with van der Waals surface area (Å²) in [7, 11) is 3.25. The number of benzene rings is 1. The van der Waals surface area contributed by atoms with E-state index in [0.717, 1.165) is 39.1 Å². The highest BCUT2D eigenvalue weighted by molar-refractivity contribution is 5.78. The molecule has 0 saturated carbocycles. The highest BCUT2D eigenvalue weighted by Gasteiger charge is 2.14. The molecule has 0 fully saturated rings. The van der Waals surface area contributed by atoms with Crippen LogP contribution in [0.1, 0.15) is 29.8 Å². The van der Waals surface area contributed by atoms with Crippen molar-refractivity contribution in [2.45, 2.75) is 26.5 Å². The number of imidazole rings is 1. The molecule has 1 aromatic carbocycles. The van der Waals surface area contributed by atoms with Crippen molar-refractivity contribution in [3.8, 4) is 28.5 Å². The van der Waals surface area contributed by atoms with Gasteiger partial charge in [-0.25, -0.2) is 15.0 Å². The lowest BCUT2D eigenvalue weighted by molar-refractivity contribution is 0.215. The van der Waals surface area contributed by atoms with E-state index < -0.39 is 0 Å². The summed E-state index contributed by atoms with van der Waals surface area (Å²) in [4.78, 5) is 17.9. The first-order chi connectivity index (χ1) is 17.5. The van der Waals surface area contributed by atoms with Crippen LogP contribution in [0.25, 0.3) is 22.3 Å². The molecule has 1 atom stereocenters. The molecule has 5 rings (SSSR count). The predicted molar refractivity (Wildman–Crippen MR) is 137 cm³/mol. The van der Waals surface area contributed by atoms with Gasteiger partial charge in [0.05, 0.1) is 27.1 Å². The van der Waals surface area contributed by atoms with Crippen LogP contribution in [0.5, 0.6) is 17.4 Å². The second kappa shape index (κ2) is 10.0. The second-order valence-electron chi connectivity index (χ2n) is 8.51. The summed E-state index contributed by atoms with van der Waals surface area (Å²) in [6.45, 7) is 4.56. The first kappa shape index (κ1) is 23.3. The Kier molecular flexibility index (Phi) is 6.49. The molecule has 0 saturated heterocycles. The number of aryl methyl sites for hydroxylation is 1. The van der Waals surface area contributed by atoms with E-state index in [2.05, 4.69) is 19.9 Å². The number of hydrogen-bond acceptors (Lipinski definition) is 7. The molecule has 0 radical (unpaired) electrons. The van der Waals surface area contributed by atoms with Gasteiger partial charge in [0.25, 0.3) is 0 Å². The predicted octanol–water partition coefficient (Wildman–Crippen LogP) is 5.40. The Labute approximate surface area is 209 Å². The molecule has 0 aliphatic carbocycles. The zero-order valence-corrected chi connectivity index (χ0v) is 20.7. The van der Waals surface area contributed by atoms with Crippen LogP contribution in [0.15, 0.2) is 73.4 Å². The number of methoxy groups -OCH3 is 2. The van der Waals surface area contributed by atoms with Crippen molar-refractivity contribution in [2.24, 2.45) is 0 Å². The summed E-state index contributed by atoms with van der Waals surface area (Å²) >= 11 is 0. The Hall–Kier alpha value is -4.46. The first-order valence-corrected chi connectivity index (χ1v) is 11.6. The summed E-state index contributed by atoms with van der Waals surface area (Å²) in [6, 6.07) is 15.8. The Bertz CT molecular complexity index is 1480. The minimum Gasteiger partial charge on any atom is -0.493 e. The van der Waals surface area contributed by atoms with E-state index >= 15 is 0 Å². The number of pyridine rings is 3. The summed E-state index contributed by atoms with van der Waals surface area (Å²) < 4.78 is 19.0. The summed E-state index contributed by atoms with van der Waals surface area (Å²) in [6.07, 6.45) is 7.09. The maximum Gasteiger partial charge on any atom is 0.212 e. The largest absolute Gasteiger partial charge is 0.493 e. The van der Waals surface area contributed by atoms with Crippen LogP contribution in [0.3, 0.4) is 0 Å². The molecule has 0 spiro atoms. The molecule has 4 heterocycles. The number of aromatic nitrogens is 5. The molecule has 5 aromatic rings. The van der Waals surface area contributed by atoms with Crippen molar-refractivity contribution in [1.29, 1.82) is 0 Å². The fraction of sp³-hybridized carbons (Fsp3) is 0.214. The fourth-order valence-electron chi connectivity index (χ4n) is 3.98. The van der Waals surface area contributed by atoms with Gasteiger partial charge in [-0.1, -0.05) is 12.1 Å². The Morgan fingerprint density at radius 1 is 0.806 bits per heavy atom. The minimum atomic E-state index is -0.158. The highest BCUT2D eigenvalue weighted by Crippen LogP contribution is 2.32. The first-order valence-electron chi connectivity index (χ1n) is 11.6. The molecule has 182 valence electrons. The third kappa shape index (κ3) is 4.84. The summed E-state index contributed by atoms with van der Waals surface area (Å²) in [5.41, 5.74) is 6.56. The van der Waals surface area contributed by atoms with E-state index in [1.165, 1.54) is 0 Å². The van der Waals surface area contributed by atoms with E-state index in [0.29, 0.717) is 23.9 Å². The van der Waals surface area contributed by atoms with Gasteiger partial charge in [-0.2, -0.15) is 0 Å². The van der Waals surface area contributed by atoms with E-state index in [4.69, 9.17) is 14.2 Å². The van der Waals surface area contributed by atoms with Crippen LogP contribution in [0.2, 0.25) is 0 Å². The second-order valence-corrected chi connectivity index (χ2v) is 8.51. The van der Waals surface area contributed by atoms with Gasteiger partial charge < -0.3 is 18.8 Å². The topological polar surface area (TPSA) is 84.2 Å². The number of fused-ring (bicyclic) bond motifs is 1. The van der Waals surface area contributed by atoms with Gasteiger partial charge in [-0.05, 0) is 49.7 Å². The molecule has 4 aromatic heterocycles. The van der Waals surface area contributed by atoms with Crippen LogP contribution in [-0.2, 0) is 6.54 Å². The molecule has 36 heavy (non-hydrogen) atoms. The maximum absolute atomic E-state index is 6.18. The van der Waals surface area contributed by atoms with Crippen LogP contribution >= 0.6 is 0 Å². The van der Waals surface area contributed by atoms with Crippen LogP contribution in [0, 0.1) is 6.92 Å². The lowest BCUT2D eigenvalue weighted by Gasteiger charge is -2.18. The number of hydrogen-bond donors (Lipinski definition) is 0. The van der Waals surface area contributed by atoms with E-state index in [1.54, 1.807) is 26.7 Å². The van der Waals surface area contributed by atoms with Gasteiger partial charge in [0.15, 0.2) is 17.1 Å². The molecular formula is C28H27N5O3. The molecule has 1 unspecified atom stereocenters. The molecule has 0 N–H and O–H groups in total. The Morgan fingerprint density at radius 2 is 1.67 bits per heavy atom. The molecule has 8 heteroatoms. The normalized spacial score (nSPS) is 11.9. The van der Waals surface area contributed by atoms with E-state index in [9.17, 15) is 0 Å². The monoisotopic (exact) mass is 481 g/mol. The lowest BCUT2D eigenvalue weighted by atomic mass is 10.1. The Morgan fingerprint density at radius 3 is 2.39 bits per heavy atom. The Balaban J connectivity index is 1.34. The SMILES string of the molecule is COc1ccc(-c2cnc3c(c2)ncn3Cc2ccc(OC(C)c3ccc(C)nc3)c(OC)c2)cn1. The third-order valence-corrected chi connectivity index (χ3v) is 6.02. The summed E-state index contributed by atoms with van der Waals surface area (Å²) in [5, 5.41) is 0.